The van der Waals surface area contributed by atoms with E-state index in [1.54, 1.807) is 60.7 Å². The summed E-state index contributed by atoms with van der Waals surface area (Å²) in [6.45, 7) is 2.39. The minimum absolute atomic E-state index is 0.201. The second-order valence-corrected chi connectivity index (χ2v) is 7.30. The lowest BCUT2D eigenvalue weighted by molar-refractivity contribution is -0.136. The van der Waals surface area contributed by atoms with Crippen LogP contribution in [0.5, 0.6) is 17.2 Å². The van der Waals surface area contributed by atoms with Crippen LogP contribution in [0.1, 0.15) is 22.8 Å². The summed E-state index contributed by atoms with van der Waals surface area (Å²) in [6.07, 6.45) is 1.31. The molecule has 0 atom stereocenters. The Bertz CT molecular complexity index is 1240. The summed E-state index contributed by atoms with van der Waals surface area (Å²) in [5, 5.41) is 6.46. The Hall–Kier alpha value is -4.37. The number of halogens is 1. The van der Waals surface area contributed by atoms with Gasteiger partial charge < -0.3 is 19.5 Å². The van der Waals surface area contributed by atoms with E-state index in [4.69, 9.17) is 25.8 Å². The number of ether oxygens (including phenoxy) is 3. The van der Waals surface area contributed by atoms with Crippen LogP contribution in [0.2, 0.25) is 5.02 Å². The summed E-state index contributed by atoms with van der Waals surface area (Å²) in [5.74, 6) is -1.34. The number of methoxy groups -OCH3 is 1. The smallest absolute Gasteiger partial charge is 0.343 e. The molecule has 0 spiro atoms. The van der Waals surface area contributed by atoms with Crippen LogP contribution in [0.3, 0.4) is 0 Å². The molecule has 0 unspecified atom stereocenters. The van der Waals surface area contributed by atoms with E-state index in [0.29, 0.717) is 34.2 Å². The Balaban J connectivity index is 1.60. The number of carbonyl (C=O) groups is 3. The van der Waals surface area contributed by atoms with Crippen LogP contribution < -0.4 is 25.0 Å². The molecule has 0 bridgehead atoms. The number of nitrogens with zero attached hydrogens (tertiary/aromatic N) is 1. The van der Waals surface area contributed by atoms with Crippen molar-refractivity contribution in [1.29, 1.82) is 0 Å². The van der Waals surface area contributed by atoms with E-state index in [1.807, 2.05) is 6.92 Å². The molecule has 2 amide bonds. The zero-order valence-corrected chi connectivity index (χ0v) is 19.7. The van der Waals surface area contributed by atoms with E-state index in [-0.39, 0.29) is 11.5 Å². The predicted molar refractivity (Wildman–Crippen MR) is 131 cm³/mol. The summed E-state index contributed by atoms with van der Waals surface area (Å²) in [4.78, 5) is 36.4. The molecular weight excluding hydrogens is 474 g/mol. The molecule has 9 nitrogen and oxygen atoms in total. The van der Waals surface area contributed by atoms with Gasteiger partial charge in [0.25, 0.3) is 0 Å². The van der Waals surface area contributed by atoms with E-state index in [1.165, 1.54) is 19.4 Å². The van der Waals surface area contributed by atoms with Crippen molar-refractivity contribution in [2.24, 2.45) is 5.10 Å². The first-order valence-electron chi connectivity index (χ1n) is 10.4. The molecule has 10 heteroatoms. The molecule has 0 radical (unpaired) electrons. The highest BCUT2D eigenvalue weighted by molar-refractivity contribution is 6.41. The van der Waals surface area contributed by atoms with E-state index in [9.17, 15) is 14.4 Å². The van der Waals surface area contributed by atoms with E-state index in [0.717, 1.165) is 0 Å². The van der Waals surface area contributed by atoms with E-state index >= 15 is 0 Å². The molecule has 0 saturated heterocycles. The molecule has 0 heterocycles. The first-order chi connectivity index (χ1) is 16.9. The molecule has 35 heavy (non-hydrogen) atoms. The Morgan fingerprint density at radius 3 is 2.40 bits per heavy atom. The Morgan fingerprint density at radius 1 is 0.971 bits per heavy atom. The van der Waals surface area contributed by atoms with Gasteiger partial charge in [-0.3, -0.25) is 9.59 Å². The standard InChI is InChI=1S/C25H22ClN3O6/c1-3-34-18-11-9-17(10-12-18)25(32)35-21-13-8-16(14-22(21)33-2)15-27-29-24(31)23(30)28-20-7-5-4-6-19(20)26/h4-15H,3H2,1-2H3,(H,28,30)(H,29,31)/b27-15-. The monoisotopic (exact) mass is 495 g/mol. The van der Waals surface area contributed by atoms with Gasteiger partial charge in [-0.25, -0.2) is 10.2 Å². The third-order valence-corrected chi connectivity index (χ3v) is 4.83. The van der Waals surface area contributed by atoms with Gasteiger partial charge in [0.05, 0.1) is 36.2 Å². The molecule has 0 aliphatic heterocycles. The predicted octanol–water partition coefficient (Wildman–Crippen LogP) is 4.06. The van der Waals surface area contributed by atoms with Crippen molar-refractivity contribution in [1.82, 2.24) is 5.43 Å². The third-order valence-electron chi connectivity index (χ3n) is 4.50. The van der Waals surface area contributed by atoms with Crippen molar-refractivity contribution in [3.05, 3.63) is 82.9 Å². The van der Waals surface area contributed by atoms with Gasteiger partial charge in [-0.2, -0.15) is 5.10 Å². The largest absolute Gasteiger partial charge is 0.494 e. The Labute approximate surface area is 206 Å². The second-order valence-electron chi connectivity index (χ2n) is 6.89. The molecule has 3 rings (SSSR count). The Morgan fingerprint density at radius 2 is 1.71 bits per heavy atom. The number of hydrogen-bond acceptors (Lipinski definition) is 7. The van der Waals surface area contributed by atoms with Gasteiger partial charge in [-0.15, -0.1) is 0 Å². The van der Waals surface area contributed by atoms with Crippen LogP contribution in [-0.2, 0) is 9.59 Å². The van der Waals surface area contributed by atoms with Gasteiger partial charge in [-0.1, -0.05) is 23.7 Å². The minimum atomic E-state index is -0.978. The summed E-state index contributed by atoms with van der Waals surface area (Å²) in [6, 6.07) is 17.8. The van der Waals surface area contributed by atoms with Crippen LogP contribution in [0.25, 0.3) is 0 Å². The van der Waals surface area contributed by atoms with Gasteiger partial charge in [0.15, 0.2) is 11.5 Å². The lowest BCUT2D eigenvalue weighted by Gasteiger charge is -2.10. The summed E-state index contributed by atoms with van der Waals surface area (Å²) in [7, 11) is 1.42. The van der Waals surface area contributed by atoms with Crippen molar-refractivity contribution < 1.29 is 28.6 Å². The van der Waals surface area contributed by atoms with E-state index in [2.05, 4.69) is 15.8 Å². The summed E-state index contributed by atoms with van der Waals surface area (Å²) < 4.78 is 16.1. The number of para-hydroxylation sites is 1. The molecule has 180 valence electrons. The molecule has 0 aromatic heterocycles. The number of hydrazone groups is 1. The topological polar surface area (TPSA) is 115 Å². The van der Waals surface area contributed by atoms with Crippen LogP contribution in [0.15, 0.2) is 71.8 Å². The quantitative estimate of drug-likeness (QED) is 0.160. The first kappa shape index (κ1) is 25.3. The van der Waals surface area contributed by atoms with Crippen LogP contribution in [0.4, 0.5) is 5.69 Å². The molecule has 2 N–H and O–H groups in total. The molecule has 0 fully saturated rings. The van der Waals surface area contributed by atoms with Crippen LogP contribution in [0, 0.1) is 0 Å². The Kier molecular flexibility index (Phi) is 8.80. The van der Waals surface area contributed by atoms with Crippen molar-refractivity contribution in [3.8, 4) is 17.2 Å². The highest BCUT2D eigenvalue weighted by atomic mass is 35.5. The number of anilines is 1. The number of benzene rings is 3. The maximum atomic E-state index is 12.5. The normalized spacial score (nSPS) is 10.5. The van der Waals surface area contributed by atoms with Gasteiger partial charge in [-0.05, 0) is 67.1 Å². The molecule has 0 aliphatic carbocycles. The highest BCUT2D eigenvalue weighted by Crippen LogP contribution is 2.28. The van der Waals surface area contributed by atoms with E-state index < -0.39 is 17.8 Å². The maximum Gasteiger partial charge on any atom is 0.343 e. The van der Waals surface area contributed by atoms with Crippen LogP contribution >= 0.6 is 11.6 Å². The average molecular weight is 496 g/mol. The van der Waals surface area contributed by atoms with Gasteiger partial charge in [0, 0.05) is 0 Å². The molecule has 3 aromatic rings. The number of esters is 1. The fourth-order valence-electron chi connectivity index (χ4n) is 2.82. The van der Waals surface area contributed by atoms with Gasteiger partial charge >= 0.3 is 17.8 Å². The summed E-state index contributed by atoms with van der Waals surface area (Å²) >= 11 is 5.96. The second kappa shape index (κ2) is 12.2. The van der Waals surface area contributed by atoms with Crippen molar-refractivity contribution >= 4 is 41.3 Å². The molecule has 0 aliphatic rings. The zero-order chi connectivity index (χ0) is 25.2. The van der Waals surface area contributed by atoms with Crippen molar-refractivity contribution in [2.75, 3.05) is 19.0 Å². The fourth-order valence-corrected chi connectivity index (χ4v) is 3.00. The first-order valence-corrected chi connectivity index (χ1v) is 10.8. The number of hydrogen-bond donors (Lipinski definition) is 2. The SMILES string of the molecule is CCOc1ccc(C(=O)Oc2ccc(/C=N\NC(=O)C(=O)Nc3ccccc3Cl)cc2OC)cc1. The number of amides is 2. The number of carbonyl (C=O) groups excluding carboxylic acids is 3. The van der Waals surface area contributed by atoms with Crippen molar-refractivity contribution in [2.45, 2.75) is 6.92 Å². The average Bonchev–Trinajstić information content (AvgIpc) is 2.86. The number of nitrogens with one attached hydrogen (secondary N) is 2. The lowest BCUT2D eigenvalue weighted by atomic mass is 10.2. The number of rotatable bonds is 8. The lowest BCUT2D eigenvalue weighted by Crippen LogP contribution is -2.32. The maximum absolute atomic E-state index is 12.5. The summed E-state index contributed by atoms with van der Waals surface area (Å²) in [5.41, 5.74) is 3.30. The molecule has 3 aromatic carbocycles. The van der Waals surface area contributed by atoms with Gasteiger partial charge in [0.1, 0.15) is 5.75 Å². The molecular formula is C25H22ClN3O6. The van der Waals surface area contributed by atoms with Crippen molar-refractivity contribution in [3.63, 3.8) is 0 Å². The fraction of sp³-hybridized carbons (Fsp3) is 0.120. The van der Waals surface area contributed by atoms with Gasteiger partial charge in [0.2, 0.25) is 0 Å². The zero-order valence-electron chi connectivity index (χ0n) is 18.9. The molecule has 0 saturated carbocycles. The third kappa shape index (κ3) is 7.05. The van der Waals surface area contributed by atoms with Crippen LogP contribution in [-0.4, -0.2) is 37.7 Å². The highest BCUT2D eigenvalue weighted by Gasteiger charge is 2.15. The minimum Gasteiger partial charge on any atom is -0.494 e.